The minimum atomic E-state index is -3.58. The molecule has 8 heteroatoms. The van der Waals surface area contributed by atoms with Crippen LogP contribution in [0.4, 0.5) is 0 Å². The first kappa shape index (κ1) is 11.5. The topological polar surface area (TPSA) is 88.2 Å². The molecule has 1 fully saturated rings. The lowest BCUT2D eigenvalue weighted by Gasteiger charge is -2.33. The number of aromatic amines is 1. The van der Waals surface area contributed by atoms with Gasteiger partial charge in [0, 0.05) is 13.1 Å². The van der Waals surface area contributed by atoms with Gasteiger partial charge in [-0.2, -0.15) is 4.31 Å². The van der Waals surface area contributed by atoms with E-state index in [0.717, 1.165) is 0 Å². The van der Waals surface area contributed by atoms with Crippen molar-refractivity contribution >= 4 is 10.0 Å². The molecule has 2 atom stereocenters. The van der Waals surface area contributed by atoms with Gasteiger partial charge >= 0.3 is 0 Å². The summed E-state index contributed by atoms with van der Waals surface area (Å²) in [7, 11) is -3.58. The van der Waals surface area contributed by atoms with E-state index < -0.39 is 10.0 Å². The fraction of sp³-hybridized carbons (Fsp3) is 0.750. The second-order valence-corrected chi connectivity index (χ2v) is 5.69. The van der Waals surface area contributed by atoms with Crippen LogP contribution in [0.1, 0.15) is 13.8 Å². The summed E-state index contributed by atoms with van der Waals surface area (Å²) in [5.74, 6) is 0. The average Bonchev–Trinajstić information content (AvgIpc) is 2.69. The first-order valence-electron chi connectivity index (χ1n) is 5.01. The van der Waals surface area contributed by atoms with Gasteiger partial charge in [0.05, 0.1) is 12.2 Å². The zero-order valence-electron chi connectivity index (χ0n) is 9.12. The predicted molar refractivity (Wildman–Crippen MR) is 55.2 cm³/mol. The highest BCUT2D eigenvalue weighted by atomic mass is 32.2. The van der Waals surface area contributed by atoms with Gasteiger partial charge in [0.25, 0.3) is 15.2 Å². The molecule has 0 bridgehead atoms. The largest absolute Gasteiger partial charge is 0.373 e. The number of sulfonamides is 1. The predicted octanol–water partition coefficient (Wildman–Crippen LogP) is -0.397. The van der Waals surface area contributed by atoms with Gasteiger partial charge < -0.3 is 4.74 Å². The number of hydrogen-bond donors (Lipinski definition) is 1. The first-order chi connectivity index (χ1) is 7.50. The van der Waals surface area contributed by atoms with Crippen molar-refractivity contribution in [2.75, 3.05) is 13.1 Å². The molecule has 0 aromatic carbocycles. The molecule has 1 aliphatic rings. The van der Waals surface area contributed by atoms with Crippen molar-refractivity contribution in [1.29, 1.82) is 0 Å². The van der Waals surface area contributed by atoms with Crippen LogP contribution < -0.4 is 0 Å². The smallest absolute Gasteiger partial charge is 0.282 e. The van der Waals surface area contributed by atoms with Crippen LogP contribution in [0.25, 0.3) is 0 Å². The number of ether oxygens (including phenoxy) is 1. The SMILES string of the molecule is CC1CN(S(=O)(=O)c2nc[nH]n2)CC(C)O1. The monoisotopic (exact) mass is 246 g/mol. The normalized spacial score (nSPS) is 28.1. The maximum absolute atomic E-state index is 12.1. The van der Waals surface area contributed by atoms with Gasteiger partial charge in [-0.25, -0.2) is 13.4 Å². The molecule has 2 heterocycles. The van der Waals surface area contributed by atoms with Crippen molar-refractivity contribution in [3.05, 3.63) is 6.33 Å². The molecule has 1 aromatic heterocycles. The Kier molecular flexibility index (Phi) is 2.96. The molecule has 1 N–H and O–H groups in total. The molecule has 2 unspecified atom stereocenters. The second-order valence-electron chi connectivity index (χ2n) is 3.86. The van der Waals surface area contributed by atoms with E-state index in [1.807, 2.05) is 13.8 Å². The Morgan fingerprint density at radius 1 is 1.44 bits per heavy atom. The van der Waals surface area contributed by atoms with Crippen LogP contribution in [0.3, 0.4) is 0 Å². The van der Waals surface area contributed by atoms with E-state index in [-0.39, 0.29) is 17.4 Å². The quantitative estimate of drug-likeness (QED) is 0.767. The van der Waals surface area contributed by atoms with Gasteiger partial charge in [0.2, 0.25) is 0 Å². The fourth-order valence-electron chi connectivity index (χ4n) is 1.76. The van der Waals surface area contributed by atoms with Crippen LogP contribution in [0.15, 0.2) is 11.5 Å². The van der Waals surface area contributed by atoms with Crippen LogP contribution in [-0.2, 0) is 14.8 Å². The summed E-state index contributed by atoms with van der Waals surface area (Å²) in [6.45, 7) is 4.36. The molecule has 0 amide bonds. The Morgan fingerprint density at radius 2 is 2.06 bits per heavy atom. The molecule has 1 saturated heterocycles. The molecule has 2 rings (SSSR count). The van der Waals surface area contributed by atoms with Crippen molar-refractivity contribution in [3.63, 3.8) is 0 Å². The lowest BCUT2D eigenvalue weighted by atomic mass is 10.3. The summed E-state index contributed by atoms with van der Waals surface area (Å²) < 4.78 is 31.0. The summed E-state index contributed by atoms with van der Waals surface area (Å²) in [5.41, 5.74) is 0. The van der Waals surface area contributed by atoms with Crippen LogP contribution in [-0.4, -0.2) is 53.2 Å². The first-order valence-corrected chi connectivity index (χ1v) is 6.45. The highest BCUT2D eigenvalue weighted by Gasteiger charge is 2.34. The van der Waals surface area contributed by atoms with Gasteiger partial charge in [-0.15, -0.1) is 5.10 Å². The number of aromatic nitrogens is 3. The molecule has 1 aliphatic heterocycles. The van der Waals surface area contributed by atoms with E-state index in [1.165, 1.54) is 10.6 Å². The maximum atomic E-state index is 12.1. The molecular weight excluding hydrogens is 232 g/mol. The van der Waals surface area contributed by atoms with Crippen molar-refractivity contribution in [2.45, 2.75) is 31.2 Å². The Hall–Kier alpha value is -0.990. The van der Waals surface area contributed by atoms with E-state index in [0.29, 0.717) is 13.1 Å². The Bertz CT molecular complexity index is 434. The minimum Gasteiger partial charge on any atom is -0.373 e. The molecule has 0 aliphatic carbocycles. The Labute approximate surface area is 93.9 Å². The van der Waals surface area contributed by atoms with E-state index in [9.17, 15) is 8.42 Å². The average molecular weight is 246 g/mol. The van der Waals surface area contributed by atoms with E-state index in [4.69, 9.17) is 4.74 Å². The number of nitrogens with one attached hydrogen (secondary N) is 1. The highest BCUT2D eigenvalue weighted by Crippen LogP contribution is 2.17. The van der Waals surface area contributed by atoms with Crippen LogP contribution in [0, 0.1) is 0 Å². The molecule has 0 saturated carbocycles. The number of hydrogen-bond acceptors (Lipinski definition) is 5. The molecule has 16 heavy (non-hydrogen) atoms. The van der Waals surface area contributed by atoms with Crippen molar-refractivity contribution in [3.8, 4) is 0 Å². The fourth-order valence-corrected chi connectivity index (χ4v) is 3.16. The molecular formula is C8H14N4O3S. The summed E-state index contributed by atoms with van der Waals surface area (Å²) in [5, 5.41) is 5.82. The van der Waals surface area contributed by atoms with E-state index >= 15 is 0 Å². The number of morpholine rings is 1. The third kappa shape index (κ3) is 2.08. The molecule has 90 valence electrons. The Morgan fingerprint density at radius 3 is 2.56 bits per heavy atom. The number of H-pyrrole nitrogens is 1. The lowest BCUT2D eigenvalue weighted by molar-refractivity contribution is -0.0441. The lowest BCUT2D eigenvalue weighted by Crippen LogP contribution is -2.48. The third-order valence-electron chi connectivity index (χ3n) is 2.35. The van der Waals surface area contributed by atoms with Crippen LogP contribution >= 0.6 is 0 Å². The van der Waals surface area contributed by atoms with Gasteiger partial charge in [0.1, 0.15) is 6.33 Å². The van der Waals surface area contributed by atoms with E-state index in [2.05, 4.69) is 15.2 Å². The van der Waals surface area contributed by atoms with Crippen molar-refractivity contribution < 1.29 is 13.2 Å². The van der Waals surface area contributed by atoms with Crippen LogP contribution in [0.2, 0.25) is 0 Å². The maximum Gasteiger partial charge on any atom is 0.282 e. The van der Waals surface area contributed by atoms with Crippen LogP contribution in [0.5, 0.6) is 0 Å². The second kappa shape index (κ2) is 4.11. The van der Waals surface area contributed by atoms with Gasteiger partial charge in [-0.1, -0.05) is 0 Å². The zero-order chi connectivity index (χ0) is 11.8. The third-order valence-corrected chi connectivity index (χ3v) is 3.99. The van der Waals surface area contributed by atoms with Crippen molar-refractivity contribution in [2.24, 2.45) is 0 Å². The summed E-state index contributed by atoms with van der Waals surface area (Å²) in [4.78, 5) is 3.68. The summed E-state index contributed by atoms with van der Waals surface area (Å²) in [6, 6.07) is 0. The number of nitrogens with zero attached hydrogens (tertiary/aromatic N) is 3. The van der Waals surface area contributed by atoms with Gasteiger partial charge in [-0.3, -0.25) is 5.10 Å². The Balaban J connectivity index is 2.24. The number of rotatable bonds is 2. The molecule has 1 aromatic rings. The highest BCUT2D eigenvalue weighted by molar-refractivity contribution is 7.88. The summed E-state index contributed by atoms with van der Waals surface area (Å²) in [6.07, 6.45) is 1.02. The van der Waals surface area contributed by atoms with E-state index in [1.54, 1.807) is 0 Å². The minimum absolute atomic E-state index is 0.113. The van der Waals surface area contributed by atoms with Crippen molar-refractivity contribution in [1.82, 2.24) is 19.5 Å². The molecule has 0 radical (unpaired) electrons. The molecule has 7 nitrogen and oxygen atoms in total. The molecule has 0 spiro atoms. The van der Waals surface area contributed by atoms with Gasteiger partial charge in [-0.05, 0) is 13.8 Å². The zero-order valence-corrected chi connectivity index (χ0v) is 9.94. The summed E-state index contributed by atoms with van der Waals surface area (Å²) >= 11 is 0. The standard InChI is InChI=1S/C8H14N4O3S/c1-6-3-12(4-7(2)15-6)16(13,14)8-9-5-10-11-8/h5-7H,3-4H2,1-2H3,(H,9,10,11). The van der Waals surface area contributed by atoms with Gasteiger partial charge in [0.15, 0.2) is 0 Å².